The molecule has 0 aliphatic carbocycles. The van der Waals surface area contributed by atoms with E-state index in [1.165, 1.54) is 0 Å². The van der Waals surface area contributed by atoms with E-state index in [9.17, 15) is 4.79 Å². The third-order valence-electron chi connectivity index (χ3n) is 5.13. The highest BCUT2D eigenvalue weighted by Gasteiger charge is 2.36. The number of nitrogens with zero attached hydrogens (tertiary/aromatic N) is 4. The highest BCUT2D eigenvalue weighted by molar-refractivity contribution is 5.77. The minimum Gasteiger partial charge on any atom is -0.495 e. The first kappa shape index (κ1) is 18.3. The van der Waals surface area contributed by atoms with Crippen LogP contribution in [0, 0.1) is 0 Å². The number of methoxy groups -OCH3 is 1. The fourth-order valence-corrected chi connectivity index (χ4v) is 3.68. The average molecular weight is 356 g/mol. The number of piperazine rings is 1. The molecule has 2 heterocycles. The zero-order chi connectivity index (χ0) is 18.7. The van der Waals surface area contributed by atoms with Crippen molar-refractivity contribution < 1.29 is 9.53 Å². The van der Waals surface area contributed by atoms with Gasteiger partial charge in [-0.2, -0.15) is 0 Å². The lowest BCUT2D eigenvalue weighted by molar-refractivity contribution is -0.133. The third-order valence-corrected chi connectivity index (χ3v) is 5.13. The van der Waals surface area contributed by atoms with Crippen molar-refractivity contribution in [3.05, 3.63) is 43.0 Å². The van der Waals surface area contributed by atoms with Crippen LogP contribution in [0.25, 0.3) is 0 Å². The first-order valence-electron chi connectivity index (χ1n) is 9.08. The number of ether oxygens (including phenoxy) is 1. The Bertz CT molecular complexity index is 742. The molecule has 0 spiro atoms. The second-order valence-corrected chi connectivity index (χ2v) is 7.51. The summed E-state index contributed by atoms with van der Waals surface area (Å²) in [7, 11) is 1.70. The maximum atomic E-state index is 12.8. The van der Waals surface area contributed by atoms with Gasteiger partial charge in [-0.3, -0.25) is 4.79 Å². The van der Waals surface area contributed by atoms with Gasteiger partial charge in [-0.15, -0.1) is 0 Å². The van der Waals surface area contributed by atoms with E-state index in [2.05, 4.69) is 36.7 Å². The van der Waals surface area contributed by atoms with Gasteiger partial charge in [0, 0.05) is 44.5 Å². The summed E-state index contributed by atoms with van der Waals surface area (Å²) in [5, 5.41) is 0. The second kappa shape index (κ2) is 7.40. The molecule has 2 aromatic rings. The van der Waals surface area contributed by atoms with Crippen molar-refractivity contribution in [3.8, 4) is 5.75 Å². The summed E-state index contributed by atoms with van der Waals surface area (Å²) in [6.07, 6.45) is 5.90. The van der Waals surface area contributed by atoms with Crippen molar-refractivity contribution >= 4 is 11.6 Å². The molecule has 0 radical (unpaired) electrons. The van der Waals surface area contributed by atoms with E-state index in [0.29, 0.717) is 13.0 Å². The zero-order valence-electron chi connectivity index (χ0n) is 16.1. The van der Waals surface area contributed by atoms with Gasteiger partial charge in [0.1, 0.15) is 5.75 Å². The van der Waals surface area contributed by atoms with E-state index in [0.717, 1.165) is 24.5 Å². The third kappa shape index (κ3) is 3.69. The molecule has 0 bridgehead atoms. The lowest BCUT2D eigenvalue weighted by atomic mass is 9.97. The molecule has 1 atom stereocenters. The molecule has 140 valence electrons. The Morgan fingerprint density at radius 2 is 2.08 bits per heavy atom. The molecule has 0 N–H and O–H groups in total. The number of rotatable bonds is 5. The molecule has 0 saturated carbocycles. The van der Waals surface area contributed by atoms with Gasteiger partial charge < -0.3 is 19.1 Å². The van der Waals surface area contributed by atoms with Crippen molar-refractivity contribution in [2.45, 2.75) is 38.8 Å². The van der Waals surface area contributed by atoms with Crippen LogP contribution in [0.3, 0.4) is 0 Å². The Morgan fingerprint density at radius 1 is 1.31 bits per heavy atom. The number of hydrogen-bond donors (Lipinski definition) is 0. The van der Waals surface area contributed by atoms with Crippen LogP contribution >= 0.6 is 0 Å². The molecule has 6 heteroatoms. The quantitative estimate of drug-likeness (QED) is 0.826. The van der Waals surface area contributed by atoms with E-state index in [1.54, 1.807) is 19.6 Å². The van der Waals surface area contributed by atoms with Crippen LogP contribution in [0.4, 0.5) is 5.69 Å². The van der Waals surface area contributed by atoms with Crippen molar-refractivity contribution in [1.29, 1.82) is 0 Å². The monoisotopic (exact) mass is 356 g/mol. The number of imidazole rings is 1. The normalized spacial score (nSPS) is 17.8. The molecule has 1 aliphatic rings. The highest BCUT2D eigenvalue weighted by Crippen LogP contribution is 2.35. The molecule has 6 nitrogen and oxygen atoms in total. The van der Waals surface area contributed by atoms with Crippen molar-refractivity contribution in [2.75, 3.05) is 31.6 Å². The summed E-state index contributed by atoms with van der Waals surface area (Å²) in [4.78, 5) is 21.2. The maximum absolute atomic E-state index is 12.8. The van der Waals surface area contributed by atoms with E-state index in [4.69, 9.17) is 4.74 Å². The maximum Gasteiger partial charge on any atom is 0.224 e. The van der Waals surface area contributed by atoms with Crippen LogP contribution in [-0.4, -0.2) is 52.6 Å². The molecule has 1 aromatic heterocycles. The van der Waals surface area contributed by atoms with Gasteiger partial charge in [0.05, 0.1) is 24.7 Å². The molecule has 1 fully saturated rings. The first-order valence-corrected chi connectivity index (χ1v) is 9.08. The van der Waals surface area contributed by atoms with Crippen molar-refractivity contribution in [1.82, 2.24) is 14.5 Å². The zero-order valence-corrected chi connectivity index (χ0v) is 16.1. The second-order valence-electron chi connectivity index (χ2n) is 7.51. The van der Waals surface area contributed by atoms with Crippen LogP contribution in [0.5, 0.6) is 5.75 Å². The first-order chi connectivity index (χ1) is 12.4. The number of benzene rings is 1. The Balaban J connectivity index is 1.69. The number of para-hydroxylation sites is 2. The predicted molar refractivity (Wildman–Crippen MR) is 103 cm³/mol. The average Bonchev–Trinajstić information content (AvgIpc) is 3.15. The van der Waals surface area contributed by atoms with Gasteiger partial charge in [0.25, 0.3) is 0 Å². The number of carbonyl (C=O) groups is 1. The van der Waals surface area contributed by atoms with E-state index in [1.807, 2.05) is 33.9 Å². The molecule has 1 amide bonds. The van der Waals surface area contributed by atoms with Gasteiger partial charge in [0.2, 0.25) is 5.91 Å². The molecular weight excluding hydrogens is 328 g/mol. The highest BCUT2D eigenvalue weighted by atomic mass is 16.5. The number of aromatic nitrogens is 2. The van der Waals surface area contributed by atoms with Crippen molar-refractivity contribution in [3.63, 3.8) is 0 Å². The minimum absolute atomic E-state index is 0.111. The van der Waals surface area contributed by atoms with Gasteiger partial charge in [-0.1, -0.05) is 12.1 Å². The van der Waals surface area contributed by atoms with E-state index in [-0.39, 0.29) is 17.5 Å². The summed E-state index contributed by atoms with van der Waals surface area (Å²) in [6.45, 7) is 8.61. The summed E-state index contributed by atoms with van der Waals surface area (Å²) in [5.74, 6) is 1.06. The fraction of sp³-hybridized carbons (Fsp3) is 0.500. The largest absolute Gasteiger partial charge is 0.495 e. The summed E-state index contributed by atoms with van der Waals surface area (Å²) < 4.78 is 7.51. The van der Waals surface area contributed by atoms with Crippen LogP contribution in [0.15, 0.2) is 43.0 Å². The molecule has 3 rings (SSSR count). The van der Waals surface area contributed by atoms with Crippen LogP contribution in [0.2, 0.25) is 0 Å². The summed E-state index contributed by atoms with van der Waals surface area (Å²) in [6, 6.07) is 8.18. The van der Waals surface area contributed by atoms with E-state index < -0.39 is 0 Å². The molecule has 1 aromatic carbocycles. The molecule has 1 aliphatic heterocycles. The van der Waals surface area contributed by atoms with E-state index >= 15 is 0 Å². The smallest absolute Gasteiger partial charge is 0.224 e. The molecule has 26 heavy (non-hydrogen) atoms. The van der Waals surface area contributed by atoms with Crippen LogP contribution in [-0.2, 0) is 4.79 Å². The van der Waals surface area contributed by atoms with Crippen LogP contribution < -0.4 is 9.64 Å². The van der Waals surface area contributed by atoms with Gasteiger partial charge >= 0.3 is 0 Å². The van der Waals surface area contributed by atoms with Gasteiger partial charge in [-0.25, -0.2) is 4.98 Å². The lowest BCUT2D eigenvalue weighted by Gasteiger charge is -2.48. The number of carbonyl (C=O) groups excluding carboxylic acids is 1. The minimum atomic E-state index is -0.166. The summed E-state index contributed by atoms with van der Waals surface area (Å²) >= 11 is 0. The van der Waals surface area contributed by atoms with Gasteiger partial charge in [-0.05, 0) is 32.9 Å². The Morgan fingerprint density at radius 3 is 2.73 bits per heavy atom. The lowest BCUT2D eigenvalue weighted by Crippen LogP contribution is -2.60. The fourth-order valence-electron chi connectivity index (χ4n) is 3.68. The topological polar surface area (TPSA) is 50.6 Å². The SMILES string of the molecule is COc1ccccc1N1CCN(C(=O)C[C@H](C)n2ccnc2)CC1(C)C. The Hall–Kier alpha value is -2.50. The molecule has 0 unspecified atom stereocenters. The number of anilines is 1. The standard InChI is InChI=1S/C20H28N4O2/c1-16(23-10-9-21-15-23)13-19(25)22-11-12-24(20(2,3)14-22)17-7-5-6-8-18(17)26-4/h5-10,15-16H,11-14H2,1-4H3/t16-/m0/s1. The Labute approximate surface area is 155 Å². The molecule has 1 saturated heterocycles. The molecular formula is C20H28N4O2. The van der Waals surface area contributed by atoms with Crippen LogP contribution in [0.1, 0.15) is 33.2 Å². The Kier molecular flexibility index (Phi) is 5.20. The van der Waals surface area contributed by atoms with Crippen molar-refractivity contribution in [2.24, 2.45) is 0 Å². The summed E-state index contributed by atoms with van der Waals surface area (Å²) in [5.41, 5.74) is 0.916. The number of hydrogen-bond acceptors (Lipinski definition) is 4. The number of amides is 1. The van der Waals surface area contributed by atoms with Gasteiger partial charge in [0.15, 0.2) is 0 Å². The predicted octanol–water partition coefficient (Wildman–Crippen LogP) is 2.97.